The van der Waals surface area contributed by atoms with Crippen molar-refractivity contribution in [2.75, 3.05) is 7.05 Å². The predicted molar refractivity (Wildman–Crippen MR) is 71.1 cm³/mol. The molecule has 0 radical (unpaired) electrons. The van der Waals surface area contributed by atoms with Crippen molar-refractivity contribution in [1.29, 1.82) is 0 Å². The minimum absolute atomic E-state index is 0.234. The van der Waals surface area contributed by atoms with Gasteiger partial charge in [-0.15, -0.1) is 0 Å². The van der Waals surface area contributed by atoms with Crippen molar-refractivity contribution in [3.05, 3.63) is 65.0 Å². The fourth-order valence-electron chi connectivity index (χ4n) is 2.14. The second-order valence-corrected chi connectivity index (χ2v) is 4.29. The molecule has 1 unspecified atom stereocenters. The Balaban J connectivity index is 2.46. The first kappa shape index (κ1) is 11.8. The Hall–Kier alpha value is -1.67. The highest BCUT2D eigenvalue weighted by Crippen LogP contribution is 2.25. The van der Waals surface area contributed by atoms with Gasteiger partial charge in [-0.25, -0.2) is 0 Å². The molecule has 1 N–H and O–H groups in total. The first-order chi connectivity index (χ1) is 8.24. The Morgan fingerprint density at radius 2 is 1.76 bits per heavy atom. The zero-order valence-electron chi connectivity index (χ0n) is 10.6. The number of rotatable bonds is 3. The molecule has 88 valence electrons. The summed E-state index contributed by atoms with van der Waals surface area (Å²) in [4.78, 5) is 4.07. The summed E-state index contributed by atoms with van der Waals surface area (Å²) in [6.45, 7) is 4.33. The summed E-state index contributed by atoms with van der Waals surface area (Å²) in [5.41, 5.74) is 5.26. The summed E-state index contributed by atoms with van der Waals surface area (Å²) >= 11 is 0. The smallest absolute Gasteiger partial charge is 0.0578 e. The molecule has 0 amide bonds. The lowest BCUT2D eigenvalue weighted by Gasteiger charge is -2.20. The molecule has 0 saturated carbocycles. The van der Waals surface area contributed by atoms with Gasteiger partial charge in [-0.2, -0.15) is 0 Å². The van der Waals surface area contributed by atoms with Gasteiger partial charge in [-0.3, -0.25) is 4.98 Å². The van der Waals surface area contributed by atoms with Crippen molar-refractivity contribution in [2.24, 2.45) is 0 Å². The fraction of sp³-hybridized carbons (Fsp3) is 0.267. The highest BCUT2D eigenvalue weighted by atomic mass is 14.9. The van der Waals surface area contributed by atoms with E-state index in [9.17, 15) is 0 Å². The van der Waals surface area contributed by atoms with E-state index < -0.39 is 0 Å². The van der Waals surface area contributed by atoms with Gasteiger partial charge in [0.2, 0.25) is 0 Å². The molecule has 1 heterocycles. The van der Waals surface area contributed by atoms with Crippen LogP contribution in [0.1, 0.15) is 28.3 Å². The molecule has 0 spiro atoms. The molecule has 1 aromatic carbocycles. The predicted octanol–water partition coefficient (Wildman–Crippen LogP) is 3.01. The Bertz CT molecular complexity index is 492. The molecule has 1 aromatic heterocycles. The van der Waals surface area contributed by atoms with Crippen molar-refractivity contribution in [1.82, 2.24) is 10.3 Å². The summed E-state index contributed by atoms with van der Waals surface area (Å²) in [5, 5.41) is 3.37. The second-order valence-electron chi connectivity index (χ2n) is 4.29. The number of hydrogen-bond acceptors (Lipinski definition) is 2. The Labute approximate surface area is 103 Å². The van der Waals surface area contributed by atoms with Gasteiger partial charge in [-0.05, 0) is 55.3 Å². The molecule has 0 aliphatic heterocycles. The van der Waals surface area contributed by atoms with Gasteiger partial charge in [0.15, 0.2) is 0 Å². The van der Waals surface area contributed by atoms with Crippen LogP contribution < -0.4 is 5.32 Å². The molecular formula is C15H18N2. The average molecular weight is 226 g/mol. The highest BCUT2D eigenvalue weighted by Gasteiger charge is 2.14. The Kier molecular flexibility index (Phi) is 3.55. The molecular weight excluding hydrogens is 208 g/mol. The van der Waals surface area contributed by atoms with Crippen LogP contribution in [0.2, 0.25) is 0 Å². The van der Waals surface area contributed by atoms with Gasteiger partial charge in [0.05, 0.1) is 6.04 Å². The first-order valence-corrected chi connectivity index (χ1v) is 5.87. The Morgan fingerprint density at radius 3 is 2.41 bits per heavy atom. The summed E-state index contributed by atoms with van der Waals surface area (Å²) < 4.78 is 0. The molecule has 0 aliphatic rings. The van der Waals surface area contributed by atoms with E-state index in [1.807, 2.05) is 19.4 Å². The summed E-state index contributed by atoms with van der Waals surface area (Å²) in [5.74, 6) is 0. The van der Waals surface area contributed by atoms with Crippen LogP contribution in [0.15, 0.2) is 42.7 Å². The number of nitrogens with zero attached hydrogens (tertiary/aromatic N) is 1. The van der Waals surface area contributed by atoms with Crippen LogP contribution in [-0.4, -0.2) is 12.0 Å². The summed E-state index contributed by atoms with van der Waals surface area (Å²) in [7, 11) is 1.99. The van der Waals surface area contributed by atoms with E-state index in [1.165, 1.54) is 22.3 Å². The van der Waals surface area contributed by atoms with Crippen LogP contribution in [0, 0.1) is 13.8 Å². The third-order valence-electron chi connectivity index (χ3n) is 3.29. The average Bonchev–Trinajstić information content (AvgIpc) is 2.37. The van der Waals surface area contributed by atoms with Crippen LogP contribution in [0.25, 0.3) is 0 Å². The Morgan fingerprint density at radius 1 is 1.06 bits per heavy atom. The van der Waals surface area contributed by atoms with E-state index in [1.54, 1.807) is 0 Å². The number of pyridine rings is 1. The van der Waals surface area contributed by atoms with Crippen molar-refractivity contribution in [2.45, 2.75) is 19.9 Å². The number of nitrogens with one attached hydrogen (secondary N) is 1. The molecule has 0 bridgehead atoms. The van der Waals surface area contributed by atoms with Crippen LogP contribution in [0.5, 0.6) is 0 Å². The molecule has 1 atom stereocenters. The topological polar surface area (TPSA) is 24.9 Å². The minimum atomic E-state index is 0.234. The van der Waals surface area contributed by atoms with Gasteiger partial charge >= 0.3 is 0 Å². The quantitative estimate of drug-likeness (QED) is 0.870. The minimum Gasteiger partial charge on any atom is -0.309 e. The zero-order valence-corrected chi connectivity index (χ0v) is 10.6. The number of aryl methyl sites for hydroxylation is 1. The highest BCUT2D eigenvalue weighted by molar-refractivity contribution is 5.40. The van der Waals surface area contributed by atoms with Crippen molar-refractivity contribution in [3.8, 4) is 0 Å². The first-order valence-electron chi connectivity index (χ1n) is 5.87. The second kappa shape index (κ2) is 5.11. The summed E-state index contributed by atoms with van der Waals surface area (Å²) in [6, 6.07) is 10.8. The fourth-order valence-corrected chi connectivity index (χ4v) is 2.14. The van der Waals surface area contributed by atoms with Gasteiger partial charge in [-0.1, -0.05) is 18.2 Å². The van der Waals surface area contributed by atoms with Gasteiger partial charge in [0.1, 0.15) is 0 Å². The van der Waals surface area contributed by atoms with E-state index in [2.05, 4.69) is 54.5 Å². The molecule has 0 aliphatic carbocycles. The molecule has 2 rings (SSSR count). The van der Waals surface area contributed by atoms with Crippen molar-refractivity contribution < 1.29 is 0 Å². The van der Waals surface area contributed by atoms with E-state index in [4.69, 9.17) is 0 Å². The lowest BCUT2D eigenvalue weighted by atomic mass is 9.93. The van der Waals surface area contributed by atoms with E-state index in [0.717, 1.165) is 0 Å². The van der Waals surface area contributed by atoms with E-state index in [0.29, 0.717) is 0 Å². The maximum atomic E-state index is 4.07. The summed E-state index contributed by atoms with van der Waals surface area (Å²) in [6.07, 6.45) is 3.68. The number of hydrogen-bond donors (Lipinski definition) is 1. The maximum absolute atomic E-state index is 4.07. The van der Waals surface area contributed by atoms with Crippen LogP contribution in [0.3, 0.4) is 0 Å². The molecule has 0 fully saturated rings. The van der Waals surface area contributed by atoms with Crippen LogP contribution in [0.4, 0.5) is 0 Å². The third kappa shape index (κ3) is 2.37. The molecule has 0 saturated heterocycles. The van der Waals surface area contributed by atoms with E-state index >= 15 is 0 Å². The normalized spacial score (nSPS) is 12.4. The monoisotopic (exact) mass is 226 g/mol. The van der Waals surface area contributed by atoms with E-state index in [-0.39, 0.29) is 6.04 Å². The molecule has 2 nitrogen and oxygen atoms in total. The van der Waals surface area contributed by atoms with Crippen molar-refractivity contribution >= 4 is 0 Å². The van der Waals surface area contributed by atoms with Crippen LogP contribution in [-0.2, 0) is 0 Å². The van der Waals surface area contributed by atoms with Gasteiger partial charge in [0.25, 0.3) is 0 Å². The lowest BCUT2D eigenvalue weighted by Crippen LogP contribution is -2.19. The van der Waals surface area contributed by atoms with Gasteiger partial charge in [0, 0.05) is 12.4 Å². The SMILES string of the molecule is CNC(c1ccncc1)c1cccc(C)c1C. The zero-order chi connectivity index (χ0) is 12.3. The van der Waals surface area contributed by atoms with Gasteiger partial charge < -0.3 is 5.32 Å². The molecule has 17 heavy (non-hydrogen) atoms. The third-order valence-corrected chi connectivity index (χ3v) is 3.29. The maximum Gasteiger partial charge on any atom is 0.0578 e. The largest absolute Gasteiger partial charge is 0.309 e. The lowest BCUT2D eigenvalue weighted by molar-refractivity contribution is 0.685. The number of aromatic nitrogens is 1. The number of benzene rings is 1. The standard InChI is InChI=1S/C15H18N2/c1-11-5-4-6-14(12(11)2)15(16-3)13-7-9-17-10-8-13/h4-10,15-16H,1-3H3. The van der Waals surface area contributed by atoms with Crippen LogP contribution >= 0.6 is 0 Å². The molecule has 2 heteroatoms. The van der Waals surface area contributed by atoms with Crippen molar-refractivity contribution in [3.63, 3.8) is 0 Å². The molecule has 2 aromatic rings.